The van der Waals surface area contributed by atoms with Crippen LogP contribution in [-0.4, -0.2) is 0 Å². The molecule has 0 aliphatic rings. The first-order chi connectivity index (χ1) is 5.58. The maximum atomic E-state index is 8.92. The third-order valence-electron chi connectivity index (χ3n) is 1.83. The van der Waals surface area contributed by atoms with E-state index in [4.69, 9.17) is 5.26 Å². The van der Waals surface area contributed by atoms with Crippen LogP contribution in [-0.2, 0) is 5.41 Å². The van der Waals surface area contributed by atoms with E-state index >= 15 is 0 Å². The van der Waals surface area contributed by atoms with Crippen LogP contribution < -0.4 is 0 Å². The lowest BCUT2D eigenvalue weighted by Gasteiger charge is -2.16. The Morgan fingerprint density at radius 1 is 1.33 bits per heavy atom. The van der Waals surface area contributed by atoms with Gasteiger partial charge in [0.25, 0.3) is 0 Å². The smallest absolute Gasteiger partial charge is 0.0776 e. The molecule has 1 rings (SSSR count). The summed E-state index contributed by atoms with van der Waals surface area (Å²) in [6, 6.07) is 10.3. The maximum Gasteiger partial charge on any atom is 0.0776 e. The van der Waals surface area contributed by atoms with Crippen molar-refractivity contribution in [3.05, 3.63) is 33.4 Å². The number of rotatable bonds is 1. The molecule has 1 aromatic rings. The Balaban J connectivity index is 3.22. The largest absolute Gasteiger partial charge is 0.197 e. The number of hydrogen-bond donors (Lipinski definition) is 0. The Hall–Kier alpha value is -0.560. The lowest BCUT2D eigenvalue weighted by Crippen LogP contribution is -2.15. The van der Waals surface area contributed by atoms with Gasteiger partial charge in [-0.15, -0.1) is 0 Å². The third-order valence-corrected chi connectivity index (χ3v) is 2.77. The number of nitriles is 1. The Bertz CT molecular complexity index is 323. The van der Waals surface area contributed by atoms with Crippen molar-refractivity contribution >= 4 is 22.6 Å². The van der Waals surface area contributed by atoms with Crippen molar-refractivity contribution in [1.82, 2.24) is 0 Å². The second-order valence-electron chi connectivity index (χ2n) is 3.22. The summed E-state index contributed by atoms with van der Waals surface area (Å²) < 4.78 is 1.15. The molecule has 1 nitrogen and oxygen atoms in total. The van der Waals surface area contributed by atoms with E-state index in [9.17, 15) is 0 Å². The summed E-state index contributed by atoms with van der Waals surface area (Å²) >= 11 is 2.26. The molecule has 0 saturated heterocycles. The minimum atomic E-state index is -0.377. The van der Waals surface area contributed by atoms with Crippen LogP contribution in [0.3, 0.4) is 0 Å². The molecule has 62 valence electrons. The molecule has 0 unspecified atom stereocenters. The fourth-order valence-corrected chi connectivity index (χ4v) is 2.09. The van der Waals surface area contributed by atoms with Gasteiger partial charge in [-0.05, 0) is 48.1 Å². The highest BCUT2D eigenvalue weighted by molar-refractivity contribution is 14.1. The van der Waals surface area contributed by atoms with Crippen molar-refractivity contribution in [1.29, 1.82) is 5.26 Å². The SMILES string of the molecule is CC(C)(C#N)c1ccccc1I. The first kappa shape index (κ1) is 9.53. The topological polar surface area (TPSA) is 23.8 Å². The van der Waals surface area contributed by atoms with E-state index in [1.54, 1.807) is 0 Å². The highest BCUT2D eigenvalue weighted by atomic mass is 127. The molecule has 0 heterocycles. The Morgan fingerprint density at radius 2 is 1.92 bits per heavy atom. The lowest BCUT2D eigenvalue weighted by atomic mass is 9.87. The molecule has 0 fully saturated rings. The van der Waals surface area contributed by atoms with Crippen molar-refractivity contribution in [2.24, 2.45) is 0 Å². The molecule has 0 aliphatic heterocycles. The number of hydrogen-bond acceptors (Lipinski definition) is 1. The third kappa shape index (κ3) is 1.78. The minimum absolute atomic E-state index is 0.377. The van der Waals surface area contributed by atoms with E-state index < -0.39 is 0 Å². The van der Waals surface area contributed by atoms with Crippen molar-refractivity contribution < 1.29 is 0 Å². The van der Waals surface area contributed by atoms with Gasteiger partial charge in [0, 0.05) is 3.57 Å². The zero-order valence-electron chi connectivity index (χ0n) is 7.13. The number of nitrogens with zero attached hydrogens (tertiary/aromatic N) is 1. The minimum Gasteiger partial charge on any atom is -0.197 e. The lowest BCUT2D eigenvalue weighted by molar-refractivity contribution is 0.682. The van der Waals surface area contributed by atoms with Crippen molar-refractivity contribution in [2.45, 2.75) is 19.3 Å². The molecule has 0 saturated carbocycles. The van der Waals surface area contributed by atoms with Crippen LogP contribution >= 0.6 is 22.6 Å². The van der Waals surface area contributed by atoms with Gasteiger partial charge in [0.15, 0.2) is 0 Å². The van der Waals surface area contributed by atoms with Gasteiger partial charge in [0.05, 0.1) is 11.5 Å². The number of benzene rings is 1. The molecule has 0 aromatic heterocycles. The van der Waals surface area contributed by atoms with E-state index in [1.165, 1.54) is 0 Å². The molecule has 0 N–H and O–H groups in total. The molecule has 0 aliphatic carbocycles. The monoisotopic (exact) mass is 271 g/mol. The first-order valence-electron chi connectivity index (χ1n) is 3.74. The highest BCUT2D eigenvalue weighted by Gasteiger charge is 2.21. The maximum absolute atomic E-state index is 8.92. The summed E-state index contributed by atoms with van der Waals surface area (Å²) in [5.41, 5.74) is 0.728. The molecule has 0 bridgehead atoms. The summed E-state index contributed by atoms with van der Waals surface area (Å²) in [5, 5.41) is 8.92. The van der Waals surface area contributed by atoms with Gasteiger partial charge in [0.1, 0.15) is 0 Å². The standard InChI is InChI=1S/C10H10IN/c1-10(2,7-12)8-5-3-4-6-9(8)11/h3-6H,1-2H3. The molecule has 0 amide bonds. The van der Waals surface area contributed by atoms with Gasteiger partial charge in [-0.25, -0.2) is 0 Å². The molecule has 0 spiro atoms. The van der Waals surface area contributed by atoms with Crippen LogP contribution in [0.1, 0.15) is 19.4 Å². The summed E-state index contributed by atoms with van der Waals surface area (Å²) in [7, 11) is 0. The first-order valence-corrected chi connectivity index (χ1v) is 4.82. The van der Waals surface area contributed by atoms with Crippen LogP contribution in [0.2, 0.25) is 0 Å². The molecule has 12 heavy (non-hydrogen) atoms. The molecule has 0 radical (unpaired) electrons. The van der Waals surface area contributed by atoms with Crippen LogP contribution in [0.5, 0.6) is 0 Å². The Labute approximate surface area is 86.5 Å². The van der Waals surface area contributed by atoms with Gasteiger partial charge in [-0.1, -0.05) is 18.2 Å². The van der Waals surface area contributed by atoms with Gasteiger partial charge < -0.3 is 0 Å². The average molecular weight is 271 g/mol. The second-order valence-corrected chi connectivity index (χ2v) is 4.38. The molecule has 0 atom stereocenters. The van der Waals surface area contributed by atoms with E-state index in [-0.39, 0.29) is 5.41 Å². The summed E-state index contributed by atoms with van der Waals surface area (Å²) in [4.78, 5) is 0. The van der Waals surface area contributed by atoms with Crippen LogP contribution in [0, 0.1) is 14.9 Å². The predicted molar refractivity (Wildman–Crippen MR) is 57.8 cm³/mol. The molecule has 2 heteroatoms. The normalized spacial score (nSPS) is 10.8. The van der Waals surface area contributed by atoms with Gasteiger partial charge in [0.2, 0.25) is 0 Å². The summed E-state index contributed by atoms with van der Waals surface area (Å²) in [6.07, 6.45) is 0. The molecular formula is C10H10IN. The Morgan fingerprint density at radius 3 is 2.42 bits per heavy atom. The zero-order valence-corrected chi connectivity index (χ0v) is 9.29. The predicted octanol–water partition coefficient (Wildman–Crippen LogP) is 3.09. The molecular weight excluding hydrogens is 261 g/mol. The quantitative estimate of drug-likeness (QED) is 0.720. The van der Waals surface area contributed by atoms with Crippen LogP contribution in [0.25, 0.3) is 0 Å². The van der Waals surface area contributed by atoms with Crippen molar-refractivity contribution in [3.8, 4) is 6.07 Å². The van der Waals surface area contributed by atoms with E-state index in [0.29, 0.717) is 0 Å². The van der Waals surface area contributed by atoms with Gasteiger partial charge in [-0.2, -0.15) is 5.26 Å². The highest BCUT2D eigenvalue weighted by Crippen LogP contribution is 2.26. The second kappa shape index (κ2) is 3.44. The Kier molecular flexibility index (Phi) is 2.73. The zero-order chi connectivity index (χ0) is 9.19. The fourth-order valence-electron chi connectivity index (χ4n) is 1.03. The number of halogens is 1. The van der Waals surface area contributed by atoms with E-state index in [1.807, 2.05) is 38.1 Å². The average Bonchev–Trinajstić information content (AvgIpc) is 2.05. The van der Waals surface area contributed by atoms with Gasteiger partial charge in [-0.3, -0.25) is 0 Å². The van der Waals surface area contributed by atoms with Crippen molar-refractivity contribution in [3.63, 3.8) is 0 Å². The summed E-state index contributed by atoms with van der Waals surface area (Å²) in [6.45, 7) is 3.87. The van der Waals surface area contributed by atoms with Crippen LogP contribution in [0.4, 0.5) is 0 Å². The molecule has 1 aromatic carbocycles. The van der Waals surface area contributed by atoms with E-state index in [0.717, 1.165) is 9.13 Å². The fraction of sp³-hybridized carbons (Fsp3) is 0.300. The van der Waals surface area contributed by atoms with Gasteiger partial charge >= 0.3 is 0 Å². The van der Waals surface area contributed by atoms with Crippen molar-refractivity contribution in [2.75, 3.05) is 0 Å². The van der Waals surface area contributed by atoms with Crippen LogP contribution in [0.15, 0.2) is 24.3 Å². The summed E-state index contributed by atoms with van der Waals surface area (Å²) in [5.74, 6) is 0. The van der Waals surface area contributed by atoms with E-state index in [2.05, 4.69) is 28.7 Å².